The molecule has 0 saturated heterocycles. The van der Waals surface area contributed by atoms with Crippen LogP contribution in [0, 0.1) is 0 Å². The molecule has 11 heavy (non-hydrogen) atoms. The number of hydrogen-bond acceptors (Lipinski definition) is 3. The van der Waals surface area contributed by atoms with Gasteiger partial charge in [-0.1, -0.05) is 6.92 Å². The molecule has 0 N–H and O–H groups in total. The van der Waals surface area contributed by atoms with Crippen molar-refractivity contribution in [1.29, 1.82) is 0 Å². The summed E-state index contributed by atoms with van der Waals surface area (Å²) < 4.78 is 1.24. The molecule has 0 aliphatic carbocycles. The lowest BCUT2D eigenvalue weighted by Crippen LogP contribution is -1.68. The van der Waals surface area contributed by atoms with Gasteiger partial charge in [-0.2, -0.15) is 0 Å². The second-order valence-corrected chi connectivity index (χ2v) is 4.63. The molecule has 0 atom stereocenters. The summed E-state index contributed by atoms with van der Waals surface area (Å²) in [6, 6.07) is 3.88. The van der Waals surface area contributed by atoms with E-state index in [4.69, 9.17) is 0 Å². The molecule has 1 nitrogen and oxygen atoms in total. The summed E-state index contributed by atoms with van der Waals surface area (Å²) in [6.07, 6.45) is 2.08. The Bertz CT molecular complexity index is 230. The first kappa shape index (κ1) is 8.81. The monoisotopic (exact) mass is 186 g/mol. The third kappa shape index (κ3) is 2.67. The molecule has 0 aromatic carbocycles. The van der Waals surface area contributed by atoms with Crippen molar-refractivity contribution in [3.8, 4) is 0 Å². The van der Waals surface area contributed by atoms with E-state index < -0.39 is 0 Å². The predicted molar refractivity (Wildman–Crippen MR) is 50.7 cm³/mol. The van der Waals surface area contributed by atoms with Crippen LogP contribution in [0.25, 0.3) is 0 Å². The zero-order valence-electron chi connectivity index (χ0n) is 6.37. The van der Waals surface area contributed by atoms with Gasteiger partial charge in [0, 0.05) is 0 Å². The van der Waals surface area contributed by atoms with E-state index in [1.54, 1.807) is 11.3 Å². The van der Waals surface area contributed by atoms with Gasteiger partial charge in [-0.25, -0.2) is 0 Å². The van der Waals surface area contributed by atoms with Gasteiger partial charge in [-0.15, -0.1) is 23.1 Å². The van der Waals surface area contributed by atoms with Crippen molar-refractivity contribution >= 4 is 29.4 Å². The van der Waals surface area contributed by atoms with Gasteiger partial charge in [0.15, 0.2) is 6.29 Å². The van der Waals surface area contributed by atoms with Crippen LogP contribution in [-0.4, -0.2) is 12.0 Å². The number of carbonyl (C=O) groups is 1. The number of hydrogen-bond donors (Lipinski definition) is 0. The average Bonchev–Trinajstić information content (AvgIpc) is 2.48. The molecule has 0 aliphatic rings. The Labute approximate surface area is 74.8 Å². The molecule has 1 aromatic rings. The van der Waals surface area contributed by atoms with E-state index in [0.717, 1.165) is 16.9 Å². The molecule has 0 spiro atoms. The van der Waals surface area contributed by atoms with Gasteiger partial charge in [0.1, 0.15) is 0 Å². The molecular weight excluding hydrogens is 176 g/mol. The molecule has 1 rings (SSSR count). The van der Waals surface area contributed by atoms with Gasteiger partial charge in [0.2, 0.25) is 0 Å². The summed E-state index contributed by atoms with van der Waals surface area (Å²) >= 11 is 3.38. The van der Waals surface area contributed by atoms with Crippen molar-refractivity contribution in [2.45, 2.75) is 17.6 Å². The highest BCUT2D eigenvalue weighted by Crippen LogP contribution is 2.26. The second-order valence-electron chi connectivity index (χ2n) is 2.12. The first-order valence-electron chi connectivity index (χ1n) is 3.54. The van der Waals surface area contributed by atoms with Crippen LogP contribution in [0.3, 0.4) is 0 Å². The van der Waals surface area contributed by atoms with Crippen LogP contribution in [0.15, 0.2) is 16.3 Å². The van der Waals surface area contributed by atoms with Gasteiger partial charge in [-0.05, 0) is 24.3 Å². The SMILES string of the molecule is CCCSc1ccc(C=O)s1. The Morgan fingerprint density at radius 2 is 2.45 bits per heavy atom. The van der Waals surface area contributed by atoms with Crippen LogP contribution < -0.4 is 0 Å². The molecule has 60 valence electrons. The van der Waals surface area contributed by atoms with E-state index in [9.17, 15) is 4.79 Å². The van der Waals surface area contributed by atoms with E-state index in [2.05, 4.69) is 6.92 Å². The van der Waals surface area contributed by atoms with Crippen molar-refractivity contribution in [2.24, 2.45) is 0 Å². The van der Waals surface area contributed by atoms with Crippen LogP contribution in [-0.2, 0) is 0 Å². The van der Waals surface area contributed by atoms with E-state index in [1.807, 2.05) is 23.9 Å². The van der Waals surface area contributed by atoms with Crippen molar-refractivity contribution in [1.82, 2.24) is 0 Å². The molecule has 0 fully saturated rings. The van der Waals surface area contributed by atoms with Crippen LogP contribution in [0.4, 0.5) is 0 Å². The molecule has 0 radical (unpaired) electrons. The van der Waals surface area contributed by atoms with Gasteiger partial charge < -0.3 is 0 Å². The fourth-order valence-corrected chi connectivity index (χ4v) is 2.57. The lowest BCUT2D eigenvalue weighted by Gasteiger charge is -1.90. The van der Waals surface area contributed by atoms with Crippen molar-refractivity contribution in [2.75, 3.05) is 5.75 Å². The summed E-state index contributed by atoms with van der Waals surface area (Å²) in [7, 11) is 0. The normalized spacial score (nSPS) is 9.91. The third-order valence-corrected chi connectivity index (χ3v) is 3.61. The molecule has 0 unspecified atom stereocenters. The van der Waals surface area contributed by atoms with Crippen molar-refractivity contribution in [3.63, 3.8) is 0 Å². The van der Waals surface area contributed by atoms with E-state index >= 15 is 0 Å². The number of aldehydes is 1. The largest absolute Gasteiger partial charge is 0.297 e. The van der Waals surface area contributed by atoms with E-state index in [-0.39, 0.29) is 0 Å². The van der Waals surface area contributed by atoms with Crippen LogP contribution >= 0.6 is 23.1 Å². The molecular formula is C8H10OS2. The summed E-state index contributed by atoms with van der Waals surface area (Å²) in [5.41, 5.74) is 0. The molecule has 0 aliphatic heterocycles. The minimum absolute atomic E-state index is 0.823. The summed E-state index contributed by atoms with van der Waals surface area (Å²) in [4.78, 5) is 11.1. The fourth-order valence-electron chi connectivity index (χ4n) is 0.678. The van der Waals surface area contributed by atoms with E-state index in [0.29, 0.717) is 0 Å². The first-order valence-corrected chi connectivity index (χ1v) is 5.35. The first-order chi connectivity index (χ1) is 5.36. The highest BCUT2D eigenvalue weighted by Gasteiger charge is 1.97. The number of carbonyl (C=O) groups excluding carboxylic acids is 1. The maximum absolute atomic E-state index is 10.3. The van der Waals surface area contributed by atoms with Crippen molar-refractivity contribution < 1.29 is 4.79 Å². The molecule has 3 heteroatoms. The van der Waals surface area contributed by atoms with Gasteiger partial charge in [0.05, 0.1) is 9.09 Å². The highest BCUT2D eigenvalue weighted by molar-refractivity contribution is 8.01. The van der Waals surface area contributed by atoms with Crippen LogP contribution in [0.2, 0.25) is 0 Å². The summed E-state index contributed by atoms with van der Waals surface area (Å²) in [6.45, 7) is 2.15. The maximum atomic E-state index is 10.3. The Balaban J connectivity index is 2.51. The van der Waals surface area contributed by atoms with Gasteiger partial charge in [0.25, 0.3) is 0 Å². The minimum atomic E-state index is 0.823. The van der Waals surface area contributed by atoms with Gasteiger partial charge >= 0.3 is 0 Å². The standard InChI is InChI=1S/C8H10OS2/c1-2-5-10-8-4-3-7(6-9)11-8/h3-4,6H,2,5H2,1H3. The molecule has 1 aromatic heterocycles. The smallest absolute Gasteiger partial charge is 0.160 e. The Morgan fingerprint density at radius 1 is 1.64 bits per heavy atom. The number of thioether (sulfide) groups is 1. The highest BCUT2D eigenvalue weighted by atomic mass is 32.2. The molecule has 0 saturated carbocycles. The lowest BCUT2D eigenvalue weighted by atomic mass is 10.5. The molecule has 0 amide bonds. The minimum Gasteiger partial charge on any atom is -0.297 e. The van der Waals surface area contributed by atoms with Crippen molar-refractivity contribution in [3.05, 3.63) is 17.0 Å². The zero-order valence-corrected chi connectivity index (χ0v) is 8.00. The molecule has 1 heterocycles. The Hall–Kier alpha value is -0.280. The predicted octanol–water partition coefficient (Wildman–Crippen LogP) is 3.06. The van der Waals surface area contributed by atoms with Crippen LogP contribution in [0.5, 0.6) is 0 Å². The molecule has 0 bridgehead atoms. The second kappa shape index (κ2) is 4.57. The maximum Gasteiger partial charge on any atom is 0.160 e. The number of rotatable bonds is 4. The number of thiophene rings is 1. The average molecular weight is 186 g/mol. The quantitative estimate of drug-likeness (QED) is 0.531. The summed E-state index contributed by atoms with van der Waals surface area (Å²) in [5.74, 6) is 1.14. The Kier molecular flexibility index (Phi) is 3.66. The van der Waals surface area contributed by atoms with E-state index in [1.165, 1.54) is 10.6 Å². The topological polar surface area (TPSA) is 17.1 Å². The third-order valence-electron chi connectivity index (χ3n) is 1.17. The van der Waals surface area contributed by atoms with Crippen LogP contribution in [0.1, 0.15) is 23.0 Å². The van der Waals surface area contributed by atoms with Gasteiger partial charge in [-0.3, -0.25) is 4.79 Å². The lowest BCUT2D eigenvalue weighted by molar-refractivity contribution is 0.112. The Morgan fingerprint density at radius 3 is 3.00 bits per heavy atom. The summed E-state index contributed by atoms with van der Waals surface area (Å²) in [5, 5.41) is 0. The fraction of sp³-hybridized carbons (Fsp3) is 0.375. The zero-order chi connectivity index (χ0) is 8.10.